The zero-order valence-electron chi connectivity index (χ0n) is 17.0. The first-order valence-electron chi connectivity index (χ1n) is 9.77. The summed E-state index contributed by atoms with van der Waals surface area (Å²) in [5.74, 6) is -4.11. The molecule has 0 saturated heterocycles. The van der Waals surface area contributed by atoms with E-state index in [0.29, 0.717) is 36.3 Å². The van der Waals surface area contributed by atoms with E-state index in [0.717, 1.165) is 5.69 Å². The number of phenolic OH excluding ortho intramolecular Hbond substituents is 1. The van der Waals surface area contributed by atoms with Gasteiger partial charge in [0, 0.05) is 30.3 Å². The van der Waals surface area contributed by atoms with E-state index in [2.05, 4.69) is 10.1 Å². The molecule has 0 amide bonds. The van der Waals surface area contributed by atoms with Crippen molar-refractivity contribution in [2.45, 2.75) is 6.18 Å². The van der Waals surface area contributed by atoms with Crippen LogP contribution < -0.4 is 9.64 Å². The molecule has 0 radical (unpaired) electrons. The number of benzene rings is 2. The van der Waals surface area contributed by atoms with Gasteiger partial charge in [0.05, 0.1) is 23.3 Å². The first-order valence-corrected chi connectivity index (χ1v) is 9.77. The maximum atomic E-state index is 14.6. The smallest absolute Gasteiger partial charge is 0.419 e. The molecule has 0 saturated carbocycles. The van der Waals surface area contributed by atoms with E-state index in [9.17, 15) is 27.1 Å². The molecule has 2 aromatic heterocycles. The second kappa shape index (κ2) is 7.32. The van der Waals surface area contributed by atoms with Crippen molar-refractivity contribution < 1.29 is 31.8 Å². The molecule has 0 unspecified atom stereocenters. The van der Waals surface area contributed by atoms with Gasteiger partial charge < -0.3 is 14.7 Å². The minimum Gasteiger partial charge on any atom is -0.503 e. The van der Waals surface area contributed by atoms with Crippen molar-refractivity contribution in [3.8, 4) is 22.8 Å². The number of halogens is 5. The topological polar surface area (TPSA) is 63.4 Å². The van der Waals surface area contributed by atoms with Crippen LogP contribution in [0.3, 0.4) is 0 Å². The van der Waals surface area contributed by atoms with Crippen molar-refractivity contribution >= 4 is 22.4 Å². The lowest BCUT2D eigenvalue weighted by atomic mass is 10.0. The van der Waals surface area contributed by atoms with Crippen LogP contribution in [0.5, 0.6) is 11.5 Å². The Hall–Kier alpha value is -3.89. The van der Waals surface area contributed by atoms with Gasteiger partial charge in [0.15, 0.2) is 17.4 Å². The lowest BCUT2D eigenvalue weighted by molar-refractivity contribution is -0.140. The monoisotopic (exact) mass is 462 g/mol. The van der Waals surface area contributed by atoms with Gasteiger partial charge in [-0.1, -0.05) is 12.1 Å². The largest absolute Gasteiger partial charge is 0.503 e. The van der Waals surface area contributed by atoms with Crippen molar-refractivity contribution in [3.05, 3.63) is 59.8 Å². The average Bonchev–Trinajstić information content (AvgIpc) is 3.12. The van der Waals surface area contributed by atoms with Gasteiger partial charge in [0.1, 0.15) is 23.9 Å². The van der Waals surface area contributed by atoms with Gasteiger partial charge in [-0.25, -0.2) is 13.8 Å². The van der Waals surface area contributed by atoms with Crippen molar-refractivity contribution in [2.75, 3.05) is 18.1 Å². The number of pyridine rings is 1. The Balaban J connectivity index is 1.66. The number of nitrogens with zero attached hydrogens (tertiary/aromatic N) is 4. The van der Waals surface area contributed by atoms with E-state index in [-0.39, 0.29) is 11.1 Å². The molecule has 1 aliphatic heterocycles. The van der Waals surface area contributed by atoms with E-state index in [1.54, 1.807) is 6.07 Å². The van der Waals surface area contributed by atoms with Crippen LogP contribution in [0, 0.1) is 11.6 Å². The van der Waals surface area contributed by atoms with Crippen LogP contribution in [0.4, 0.5) is 33.5 Å². The number of hydrogen-bond donors (Lipinski definition) is 1. The molecular formula is C22H15F5N4O2. The SMILES string of the molecule is Cn1nc(-c2cc(C(F)(F)F)c(F)c(O)c2F)c2cnc(N3CCOc4ccccc43)cc21. The van der Waals surface area contributed by atoms with Crippen LogP contribution in [-0.2, 0) is 13.2 Å². The first-order chi connectivity index (χ1) is 15.7. The predicted octanol–water partition coefficient (Wildman–Crippen LogP) is 5.17. The lowest BCUT2D eigenvalue weighted by Crippen LogP contribution is -2.29. The summed E-state index contributed by atoms with van der Waals surface area (Å²) in [6.07, 6.45) is -3.78. The van der Waals surface area contributed by atoms with E-state index in [4.69, 9.17) is 4.74 Å². The molecule has 0 atom stereocenters. The van der Waals surface area contributed by atoms with Gasteiger partial charge in [0.25, 0.3) is 0 Å². The number of para-hydroxylation sites is 2. The summed E-state index contributed by atoms with van der Waals surface area (Å²) in [5.41, 5.74) is -1.42. The fraction of sp³-hybridized carbons (Fsp3) is 0.182. The Bertz CT molecular complexity index is 1400. The van der Waals surface area contributed by atoms with E-state index < -0.39 is 34.7 Å². The predicted molar refractivity (Wildman–Crippen MR) is 109 cm³/mol. The molecule has 0 bridgehead atoms. The maximum absolute atomic E-state index is 14.6. The second-order valence-electron chi connectivity index (χ2n) is 7.45. The van der Waals surface area contributed by atoms with Crippen LogP contribution in [0.15, 0.2) is 42.6 Å². The molecule has 3 heterocycles. The Morgan fingerprint density at radius 3 is 2.61 bits per heavy atom. The summed E-state index contributed by atoms with van der Waals surface area (Å²) in [6, 6.07) is 9.35. The molecule has 0 fully saturated rings. The molecular weight excluding hydrogens is 447 g/mol. The summed E-state index contributed by atoms with van der Waals surface area (Å²) >= 11 is 0. The fourth-order valence-electron chi connectivity index (χ4n) is 3.90. The highest BCUT2D eigenvalue weighted by molar-refractivity contribution is 5.95. The van der Waals surface area contributed by atoms with Crippen LogP contribution in [0.25, 0.3) is 22.2 Å². The third-order valence-corrected chi connectivity index (χ3v) is 5.46. The minimum absolute atomic E-state index is 0.202. The highest BCUT2D eigenvalue weighted by Gasteiger charge is 2.38. The van der Waals surface area contributed by atoms with Gasteiger partial charge >= 0.3 is 6.18 Å². The zero-order chi connectivity index (χ0) is 23.5. The summed E-state index contributed by atoms with van der Waals surface area (Å²) in [4.78, 5) is 6.32. The molecule has 1 N–H and O–H groups in total. The number of aromatic nitrogens is 3. The van der Waals surface area contributed by atoms with Gasteiger partial charge in [-0.05, 0) is 18.2 Å². The van der Waals surface area contributed by atoms with Gasteiger partial charge in [-0.2, -0.15) is 18.3 Å². The fourth-order valence-corrected chi connectivity index (χ4v) is 3.90. The molecule has 2 aromatic carbocycles. The molecule has 5 rings (SSSR count). The molecule has 33 heavy (non-hydrogen) atoms. The number of fused-ring (bicyclic) bond motifs is 2. The number of anilines is 2. The van der Waals surface area contributed by atoms with Gasteiger partial charge in [-0.3, -0.25) is 4.68 Å². The van der Waals surface area contributed by atoms with Crippen molar-refractivity contribution in [3.63, 3.8) is 0 Å². The third-order valence-electron chi connectivity index (χ3n) is 5.46. The average molecular weight is 462 g/mol. The van der Waals surface area contributed by atoms with Crippen LogP contribution in [0.2, 0.25) is 0 Å². The zero-order valence-corrected chi connectivity index (χ0v) is 17.0. The van der Waals surface area contributed by atoms with Gasteiger partial charge in [-0.15, -0.1) is 0 Å². The summed E-state index contributed by atoms with van der Waals surface area (Å²) in [7, 11) is 1.54. The maximum Gasteiger partial charge on any atom is 0.419 e. The van der Waals surface area contributed by atoms with Crippen molar-refractivity contribution in [1.29, 1.82) is 0 Å². The molecule has 1 aliphatic rings. The Morgan fingerprint density at radius 1 is 1.09 bits per heavy atom. The normalized spacial score (nSPS) is 13.8. The number of ether oxygens (including phenoxy) is 1. The summed E-state index contributed by atoms with van der Waals surface area (Å²) in [5, 5.41) is 14.0. The summed E-state index contributed by atoms with van der Waals surface area (Å²) < 4.78 is 75.2. The first kappa shape index (κ1) is 21.0. The van der Waals surface area contributed by atoms with E-state index in [1.807, 2.05) is 29.2 Å². The molecule has 11 heteroatoms. The molecule has 170 valence electrons. The van der Waals surface area contributed by atoms with E-state index >= 15 is 0 Å². The van der Waals surface area contributed by atoms with Gasteiger partial charge in [0.2, 0.25) is 0 Å². The highest BCUT2D eigenvalue weighted by Crippen LogP contribution is 2.42. The highest BCUT2D eigenvalue weighted by atomic mass is 19.4. The number of hydrogen-bond acceptors (Lipinski definition) is 5. The second-order valence-corrected chi connectivity index (χ2v) is 7.45. The lowest BCUT2D eigenvalue weighted by Gasteiger charge is -2.30. The Morgan fingerprint density at radius 2 is 1.85 bits per heavy atom. The van der Waals surface area contributed by atoms with E-state index in [1.165, 1.54) is 17.9 Å². The third kappa shape index (κ3) is 3.31. The Labute approximate surface area is 183 Å². The van der Waals surface area contributed by atoms with Crippen LogP contribution in [-0.4, -0.2) is 33.0 Å². The standard InChI is InChI=1S/C22H15F5N4O2/c1-30-15-9-17(31-6-7-33-16-5-3-2-4-14(16)31)28-10-12(15)20(29-30)11-8-13(22(25,26)27)19(24)21(32)18(11)23/h2-5,8-10,32H,6-7H2,1H3. The van der Waals surface area contributed by atoms with Crippen molar-refractivity contribution in [2.24, 2.45) is 7.05 Å². The molecule has 0 spiro atoms. The van der Waals surface area contributed by atoms with Crippen molar-refractivity contribution in [1.82, 2.24) is 14.8 Å². The Kier molecular flexibility index (Phi) is 4.66. The summed E-state index contributed by atoms with van der Waals surface area (Å²) in [6.45, 7) is 0.934. The van der Waals surface area contributed by atoms with Crippen LogP contribution >= 0.6 is 0 Å². The molecule has 6 nitrogen and oxygen atoms in total. The molecule has 4 aromatic rings. The number of aryl methyl sites for hydroxylation is 1. The number of rotatable bonds is 2. The van der Waals surface area contributed by atoms with Crippen LogP contribution in [0.1, 0.15) is 5.56 Å². The quantitative estimate of drug-likeness (QED) is 0.417. The minimum atomic E-state index is -5.14. The number of phenols is 1. The number of aromatic hydroxyl groups is 1. The molecule has 0 aliphatic carbocycles. The number of alkyl halides is 3.